The maximum Gasteiger partial charge on any atom is 0.114 e. The Labute approximate surface area is 110 Å². The minimum atomic E-state index is 0.764. The van der Waals surface area contributed by atoms with E-state index >= 15 is 0 Å². The topological polar surface area (TPSA) is 43.8 Å². The van der Waals surface area contributed by atoms with Gasteiger partial charge >= 0.3 is 0 Å². The zero-order chi connectivity index (χ0) is 12.5. The number of nitrogens with zero attached hydrogens (tertiary/aromatic N) is 2. The van der Waals surface area contributed by atoms with E-state index in [0.29, 0.717) is 0 Å². The molecule has 0 bridgehead atoms. The number of aromatic nitrogens is 2. The van der Waals surface area contributed by atoms with Crippen molar-refractivity contribution in [3.63, 3.8) is 0 Å². The smallest absolute Gasteiger partial charge is 0.114 e. The van der Waals surface area contributed by atoms with Crippen molar-refractivity contribution in [2.75, 3.05) is 5.73 Å². The van der Waals surface area contributed by atoms with Gasteiger partial charge in [0.2, 0.25) is 0 Å². The summed E-state index contributed by atoms with van der Waals surface area (Å²) in [4.78, 5) is 4.71. The molecule has 0 saturated heterocycles. The number of fused-ring (bicyclic) bond motifs is 1. The van der Waals surface area contributed by atoms with Crippen molar-refractivity contribution < 1.29 is 0 Å². The molecule has 0 aliphatic carbocycles. The normalized spacial score (nSPS) is 11.2. The molecule has 0 spiro atoms. The van der Waals surface area contributed by atoms with Gasteiger partial charge in [-0.2, -0.15) is 11.3 Å². The Morgan fingerprint density at radius 1 is 1.33 bits per heavy atom. The van der Waals surface area contributed by atoms with Crippen LogP contribution in [0.2, 0.25) is 0 Å². The second-order valence-corrected chi connectivity index (χ2v) is 5.12. The molecular formula is C14H15N3S. The van der Waals surface area contributed by atoms with Crippen LogP contribution in [0.4, 0.5) is 5.69 Å². The van der Waals surface area contributed by atoms with Crippen molar-refractivity contribution >= 4 is 28.1 Å². The Hall–Kier alpha value is -1.81. The number of anilines is 1. The number of imidazole rings is 1. The first kappa shape index (κ1) is 11.3. The summed E-state index contributed by atoms with van der Waals surface area (Å²) in [7, 11) is 0. The fourth-order valence-electron chi connectivity index (χ4n) is 2.21. The van der Waals surface area contributed by atoms with Crippen molar-refractivity contribution in [1.82, 2.24) is 9.55 Å². The molecule has 0 atom stereocenters. The molecule has 2 N–H and O–H groups in total. The highest BCUT2D eigenvalue weighted by atomic mass is 32.1. The van der Waals surface area contributed by atoms with Crippen LogP contribution in [-0.2, 0) is 6.42 Å². The lowest BCUT2D eigenvalue weighted by Gasteiger charge is -2.05. The van der Waals surface area contributed by atoms with Crippen LogP contribution >= 0.6 is 11.3 Å². The molecule has 4 heteroatoms. The minimum absolute atomic E-state index is 0.764. The van der Waals surface area contributed by atoms with E-state index in [0.717, 1.165) is 35.4 Å². The van der Waals surface area contributed by atoms with Gasteiger partial charge in [-0.1, -0.05) is 6.92 Å². The van der Waals surface area contributed by atoms with Gasteiger partial charge in [-0.05, 0) is 36.1 Å². The molecule has 0 saturated carbocycles. The van der Waals surface area contributed by atoms with Gasteiger partial charge in [0.05, 0.1) is 16.7 Å². The van der Waals surface area contributed by atoms with E-state index in [1.807, 2.05) is 12.1 Å². The first-order valence-electron chi connectivity index (χ1n) is 6.09. The lowest BCUT2D eigenvalue weighted by atomic mass is 10.3. The van der Waals surface area contributed by atoms with Crippen LogP contribution in [-0.4, -0.2) is 9.55 Å². The third kappa shape index (κ3) is 1.78. The summed E-state index contributed by atoms with van der Waals surface area (Å²) in [6, 6.07) is 8.05. The Balaban J connectivity index is 2.28. The molecule has 0 unspecified atom stereocenters. The highest BCUT2D eigenvalue weighted by Gasteiger charge is 2.12. The second-order valence-electron chi connectivity index (χ2n) is 4.34. The number of nitrogen functional groups attached to an aromatic ring is 1. The van der Waals surface area contributed by atoms with Gasteiger partial charge in [0, 0.05) is 17.5 Å². The molecule has 0 amide bonds. The highest BCUT2D eigenvalue weighted by molar-refractivity contribution is 7.08. The molecule has 0 aliphatic rings. The van der Waals surface area contributed by atoms with Crippen molar-refractivity contribution in [2.45, 2.75) is 19.8 Å². The summed E-state index contributed by atoms with van der Waals surface area (Å²) in [5.41, 5.74) is 9.89. The van der Waals surface area contributed by atoms with E-state index in [9.17, 15) is 0 Å². The van der Waals surface area contributed by atoms with Crippen LogP contribution in [0.3, 0.4) is 0 Å². The SMILES string of the molecule is CCCc1nc2cc(N)ccc2n1-c1ccsc1. The van der Waals surface area contributed by atoms with Crippen molar-refractivity contribution in [2.24, 2.45) is 0 Å². The van der Waals surface area contributed by atoms with Gasteiger partial charge < -0.3 is 5.73 Å². The molecule has 1 aromatic carbocycles. The van der Waals surface area contributed by atoms with Crippen LogP contribution in [0, 0.1) is 0 Å². The van der Waals surface area contributed by atoms with E-state index in [-0.39, 0.29) is 0 Å². The lowest BCUT2D eigenvalue weighted by molar-refractivity contribution is 0.819. The molecule has 3 rings (SSSR count). The van der Waals surface area contributed by atoms with Crippen LogP contribution < -0.4 is 5.73 Å². The van der Waals surface area contributed by atoms with Gasteiger partial charge in [-0.3, -0.25) is 4.57 Å². The van der Waals surface area contributed by atoms with E-state index in [1.165, 1.54) is 5.69 Å². The number of aryl methyl sites for hydroxylation is 1. The first-order valence-corrected chi connectivity index (χ1v) is 7.03. The van der Waals surface area contributed by atoms with Gasteiger partial charge in [0.1, 0.15) is 5.82 Å². The van der Waals surface area contributed by atoms with Crippen molar-refractivity contribution in [3.8, 4) is 5.69 Å². The molecule has 0 aliphatic heterocycles. The summed E-state index contributed by atoms with van der Waals surface area (Å²) in [6.45, 7) is 2.17. The Morgan fingerprint density at radius 3 is 2.94 bits per heavy atom. The molecule has 2 heterocycles. The molecule has 0 radical (unpaired) electrons. The summed E-state index contributed by atoms with van der Waals surface area (Å²) in [5.74, 6) is 1.11. The minimum Gasteiger partial charge on any atom is -0.399 e. The van der Waals surface area contributed by atoms with E-state index in [2.05, 4.69) is 34.4 Å². The summed E-state index contributed by atoms with van der Waals surface area (Å²) in [5, 5.41) is 4.24. The number of hydrogen-bond donors (Lipinski definition) is 1. The standard InChI is InChI=1S/C14H15N3S/c1-2-3-14-16-12-8-10(15)4-5-13(12)17(14)11-6-7-18-9-11/h4-9H,2-3,15H2,1H3. The van der Waals surface area contributed by atoms with Crippen LogP contribution in [0.1, 0.15) is 19.2 Å². The first-order chi connectivity index (χ1) is 8.79. The van der Waals surface area contributed by atoms with Crippen molar-refractivity contribution in [1.29, 1.82) is 0 Å². The monoisotopic (exact) mass is 257 g/mol. The van der Waals surface area contributed by atoms with E-state index in [1.54, 1.807) is 11.3 Å². The number of thiophene rings is 1. The molecular weight excluding hydrogens is 242 g/mol. The second kappa shape index (κ2) is 4.46. The maximum atomic E-state index is 5.83. The van der Waals surface area contributed by atoms with Crippen LogP contribution in [0.5, 0.6) is 0 Å². The number of nitrogens with two attached hydrogens (primary N) is 1. The van der Waals surface area contributed by atoms with Gasteiger partial charge in [0.15, 0.2) is 0 Å². The summed E-state index contributed by atoms with van der Waals surface area (Å²) >= 11 is 1.70. The van der Waals surface area contributed by atoms with Gasteiger partial charge in [0.25, 0.3) is 0 Å². The fraction of sp³-hybridized carbons (Fsp3) is 0.214. The molecule has 0 fully saturated rings. The average Bonchev–Trinajstić information content (AvgIpc) is 2.95. The summed E-state index contributed by atoms with van der Waals surface area (Å²) in [6.07, 6.45) is 2.06. The quantitative estimate of drug-likeness (QED) is 0.728. The molecule has 3 nitrogen and oxygen atoms in total. The number of hydrogen-bond acceptors (Lipinski definition) is 3. The predicted octanol–water partition coefficient (Wildman–Crippen LogP) is 3.62. The number of rotatable bonds is 3. The summed E-state index contributed by atoms with van der Waals surface area (Å²) < 4.78 is 2.23. The van der Waals surface area contributed by atoms with Crippen LogP contribution in [0.15, 0.2) is 35.0 Å². The zero-order valence-electron chi connectivity index (χ0n) is 10.3. The van der Waals surface area contributed by atoms with E-state index in [4.69, 9.17) is 10.7 Å². The van der Waals surface area contributed by atoms with Gasteiger partial charge in [-0.15, -0.1) is 0 Å². The van der Waals surface area contributed by atoms with E-state index < -0.39 is 0 Å². The Bertz CT molecular complexity index is 668. The zero-order valence-corrected chi connectivity index (χ0v) is 11.1. The molecule has 92 valence electrons. The fourth-order valence-corrected chi connectivity index (χ4v) is 2.83. The van der Waals surface area contributed by atoms with Crippen molar-refractivity contribution in [3.05, 3.63) is 40.8 Å². The lowest BCUT2D eigenvalue weighted by Crippen LogP contribution is -1.99. The predicted molar refractivity (Wildman–Crippen MR) is 77.4 cm³/mol. The number of benzene rings is 1. The maximum absolute atomic E-state index is 5.83. The molecule has 18 heavy (non-hydrogen) atoms. The van der Waals surface area contributed by atoms with Gasteiger partial charge in [-0.25, -0.2) is 4.98 Å². The van der Waals surface area contributed by atoms with Crippen LogP contribution in [0.25, 0.3) is 16.7 Å². The molecule has 2 aromatic heterocycles. The Morgan fingerprint density at radius 2 is 2.22 bits per heavy atom. The largest absolute Gasteiger partial charge is 0.399 e. The Kier molecular flexibility index (Phi) is 2.80. The third-order valence-corrected chi connectivity index (χ3v) is 3.66. The highest BCUT2D eigenvalue weighted by Crippen LogP contribution is 2.25. The average molecular weight is 257 g/mol. The molecule has 3 aromatic rings. The third-order valence-electron chi connectivity index (χ3n) is 2.99.